The molecule has 6 heteroatoms. The summed E-state index contributed by atoms with van der Waals surface area (Å²) in [6.45, 7) is 1.89. The second-order valence-corrected chi connectivity index (χ2v) is 5.88. The van der Waals surface area contributed by atoms with Crippen molar-refractivity contribution in [1.82, 2.24) is 4.90 Å². The van der Waals surface area contributed by atoms with E-state index in [1.807, 2.05) is 24.3 Å². The molecule has 0 bridgehead atoms. The molecule has 1 saturated heterocycles. The number of para-hydroxylation sites is 2. The Balaban J connectivity index is 1.64. The van der Waals surface area contributed by atoms with Crippen molar-refractivity contribution in [2.75, 3.05) is 26.3 Å². The fourth-order valence-corrected chi connectivity index (χ4v) is 3.21. The average molecular weight is 306 g/mol. The van der Waals surface area contributed by atoms with E-state index < -0.39 is 0 Å². The van der Waals surface area contributed by atoms with Gasteiger partial charge in [-0.15, -0.1) is 0 Å². The SMILES string of the molecule is NC(=O)C1CCN(C(CO)C2COc3ccccc3O2)CC1. The molecule has 0 radical (unpaired) electrons. The van der Waals surface area contributed by atoms with Gasteiger partial charge in [0.2, 0.25) is 5.91 Å². The van der Waals surface area contributed by atoms with Crippen LogP contribution in [0, 0.1) is 5.92 Å². The van der Waals surface area contributed by atoms with Gasteiger partial charge in [0.1, 0.15) is 6.61 Å². The Morgan fingerprint density at radius 3 is 2.64 bits per heavy atom. The van der Waals surface area contributed by atoms with E-state index in [4.69, 9.17) is 15.2 Å². The first-order chi connectivity index (χ1) is 10.7. The van der Waals surface area contributed by atoms with Gasteiger partial charge >= 0.3 is 0 Å². The maximum Gasteiger partial charge on any atom is 0.220 e. The summed E-state index contributed by atoms with van der Waals surface area (Å²) in [5.74, 6) is 1.17. The number of primary amides is 1. The number of carbonyl (C=O) groups excluding carboxylic acids is 1. The fourth-order valence-electron chi connectivity index (χ4n) is 3.21. The van der Waals surface area contributed by atoms with Gasteiger partial charge in [-0.05, 0) is 38.1 Å². The molecule has 6 nitrogen and oxygen atoms in total. The highest BCUT2D eigenvalue weighted by Gasteiger charge is 2.35. The highest BCUT2D eigenvalue weighted by atomic mass is 16.6. The Bertz CT molecular complexity index is 529. The Hall–Kier alpha value is -1.79. The van der Waals surface area contributed by atoms with E-state index in [0.717, 1.165) is 31.7 Å². The summed E-state index contributed by atoms with van der Waals surface area (Å²) in [4.78, 5) is 13.4. The van der Waals surface area contributed by atoms with E-state index in [0.29, 0.717) is 12.4 Å². The van der Waals surface area contributed by atoms with Crippen molar-refractivity contribution < 1.29 is 19.4 Å². The zero-order valence-electron chi connectivity index (χ0n) is 12.5. The van der Waals surface area contributed by atoms with Crippen molar-refractivity contribution in [3.8, 4) is 11.5 Å². The number of fused-ring (bicyclic) bond motifs is 1. The molecular weight excluding hydrogens is 284 g/mol. The third-order valence-corrected chi connectivity index (χ3v) is 4.55. The summed E-state index contributed by atoms with van der Waals surface area (Å²) < 4.78 is 11.7. The molecule has 22 heavy (non-hydrogen) atoms. The Labute approximate surface area is 129 Å². The minimum absolute atomic E-state index is 0.00255. The van der Waals surface area contributed by atoms with Gasteiger partial charge in [-0.2, -0.15) is 0 Å². The molecule has 0 spiro atoms. The van der Waals surface area contributed by atoms with Gasteiger partial charge in [0.15, 0.2) is 17.6 Å². The number of benzene rings is 1. The first-order valence-electron chi connectivity index (χ1n) is 7.71. The molecule has 3 rings (SSSR count). The van der Waals surface area contributed by atoms with Crippen LogP contribution < -0.4 is 15.2 Å². The van der Waals surface area contributed by atoms with Gasteiger partial charge < -0.3 is 20.3 Å². The lowest BCUT2D eigenvalue weighted by Crippen LogP contribution is -2.54. The predicted molar refractivity (Wildman–Crippen MR) is 80.7 cm³/mol. The van der Waals surface area contributed by atoms with Crippen LogP contribution in [0.4, 0.5) is 0 Å². The van der Waals surface area contributed by atoms with Crippen molar-refractivity contribution in [3.05, 3.63) is 24.3 Å². The summed E-state index contributed by atoms with van der Waals surface area (Å²) in [6, 6.07) is 7.41. The lowest BCUT2D eigenvalue weighted by molar-refractivity contribution is -0.123. The zero-order valence-corrected chi connectivity index (χ0v) is 12.5. The summed E-state index contributed by atoms with van der Waals surface area (Å²) >= 11 is 0. The minimum Gasteiger partial charge on any atom is -0.486 e. The van der Waals surface area contributed by atoms with Crippen LogP contribution in [0.5, 0.6) is 11.5 Å². The first-order valence-corrected chi connectivity index (χ1v) is 7.71. The molecule has 1 amide bonds. The molecule has 2 heterocycles. The number of carbonyl (C=O) groups is 1. The second kappa shape index (κ2) is 6.54. The molecule has 0 aromatic heterocycles. The number of piperidine rings is 1. The highest BCUT2D eigenvalue weighted by Crippen LogP contribution is 2.32. The van der Waals surface area contributed by atoms with E-state index in [1.54, 1.807) is 0 Å². The summed E-state index contributed by atoms with van der Waals surface area (Å²) in [5, 5.41) is 9.78. The molecule has 1 fully saturated rings. The van der Waals surface area contributed by atoms with Crippen molar-refractivity contribution in [1.29, 1.82) is 0 Å². The van der Waals surface area contributed by atoms with E-state index >= 15 is 0 Å². The number of rotatable bonds is 4. The van der Waals surface area contributed by atoms with E-state index in [9.17, 15) is 9.90 Å². The maximum absolute atomic E-state index is 11.2. The van der Waals surface area contributed by atoms with E-state index in [2.05, 4.69) is 4.90 Å². The number of aliphatic hydroxyl groups excluding tert-OH is 1. The smallest absolute Gasteiger partial charge is 0.220 e. The molecule has 1 aromatic carbocycles. The molecular formula is C16H22N2O4. The average Bonchev–Trinajstić information content (AvgIpc) is 2.56. The lowest BCUT2D eigenvalue weighted by atomic mass is 9.94. The Kier molecular flexibility index (Phi) is 4.49. The molecule has 120 valence electrons. The summed E-state index contributed by atoms with van der Waals surface area (Å²) in [6.07, 6.45) is 1.25. The molecule has 1 aromatic rings. The standard InChI is InChI=1S/C16H22N2O4/c17-16(20)11-5-7-18(8-6-11)12(9-19)15-10-21-13-3-1-2-4-14(13)22-15/h1-4,11-12,15,19H,5-10H2,(H2,17,20). The largest absolute Gasteiger partial charge is 0.486 e. The van der Waals surface area contributed by atoms with Gasteiger partial charge in [-0.1, -0.05) is 12.1 Å². The monoisotopic (exact) mass is 306 g/mol. The zero-order chi connectivity index (χ0) is 15.5. The molecule has 0 aliphatic carbocycles. The summed E-state index contributed by atoms with van der Waals surface area (Å²) in [7, 11) is 0. The number of hydrogen-bond acceptors (Lipinski definition) is 5. The van der Waals surface area contributed by atoms with E-state index in [-0.39, 0.29) is 30.6 Å². The van der Waals surface area contributed by atoms with Gasteiger partial charge in [-0.25, -0.2) is 0 Å². The first kappa shape index (κ1) is 15.1. The van der Waals surface area contributed by atoms with Crippen molar-refractivity contribution in [2.24, 2.45) is 11.7 Å². The number of likely N-dealkylation sites (tertiary alicyclic amines) is 1. The fraction of sp³-hybridized carbons (Fsp3) is 0.562. The van der Waals surface area contributed by atoms with Crippen LogP contribution in [0.1, 0.15) is 12.8 Å². The van der Waals surface area contributed by atoms with Crippen molar-refractivity contribution in [2.45, 2.75) is 25.0 Å². The van der Waals surface area contributed by atoms with Crippen molar-refractivity contribution >= 4 is 5.91 Å². The van der Waals surface area contributed by atoms with Crippen LogP contribution in [-0.4, -0.2) is 54.4 Å². The summed E-state index contributed by atoms with van der Waals surface area (Å²) in [5.41, 5.74) is 5.37. The normalized spacial score (nSPS) is 24.0. The number of hydrogen-bond donors (Lipinski definition) is 2. The number of aliphatic hydroxyl groups is 1. The van der Waals surface area contributed by atoms with Crippen LogP contribution >= 0.6 is 0 Å². The lowest BCUT2D eigenvalue weighted by Gasteiger charge is -2.40. The third kappa shape index (κ3) is 3.03. The molecule has 2 aliphatic heterocycles. The maximum atomic E-state index is 11.2. The van der Waals surface area contributed by atoms with Crippen LogP contribution in [0.15, 0.2) is 24.3 Å². The minimum atomic E-state index is -0.230. The number of nitrogens with zero attached hydrogens (tertiary/aromatic N) is 1. The number of amides is 1. The van der Waals surface area contributed by atoms with Gasteiger partial charge in [-0.3, -0.25) is 9.69 Å². The third-order valence-electron chi connectivity index (χ3n) is 4.55. The second-order valence-electron chi connectivity index (χ2n) is 5.88. The predicted octanol–water partition coefficient (Wildman–Crippen LogP) is 0.385. The Morgan fingerprint density at radius 1 is 1.32 bits per heavy atom. The van der Waals surface area contributed by atoms with Crippen molar-refractivity contribution in [3.63, 3.8) is 0 Å². The quantitative estimate of drug-likeness (QED) is 0.840. The highest BCUT2D eigenvalue weighted by molar-refractivity contribution is 5.76. The van der Waals surface area contributed by atoms with E-state index in [1.165, 1.54) is 0 Å². The van der Waals surface area contributed by atoms with Gasteiger partial charge in [0.05, 0.1) is 12.6 Å². The Morgan fingerprint density at radius 2 is 2.00 bits per heavy atom. The number of nitrogens with two attached hydrogens (primary N) is 1. The molecule has 0 saturated carbocycles. The molecule has 2 atom stereocenters. The van der Waals surface area contributed by atoms with Gasteiger partial charge in [0, 0.05) is 5.92 Å². The molecule has 2 unspecified atom stereocenters. The van der Waals surface area contributed by atoms with Gasteiger partial charge in [0.25, 0.3) is 0 Å². The number of ether oxygens (including phenoxy) is 2. The van der Waals surface area contributed by atoms with Crippen LogP contribution in [0.25, 0.3) is 0 Å². The van der Waals surface area contributed by atoms with Crippen LogP contribution in [-0.2, 0) is 4.79 Å². The van der Waals surface area contributed by atoms with Crippen LogP contribution in [0.3, 0.4) is 0 Å². The molecule has 3 N–H and O–H groups in total. The molecule has 2 aliphatic rings. The van der Waals surface area contributed by atoms with Crippen LogP contribution in [0.2, 0.25) is 0 Å². The topological polar surface area (TPSA) is 85.0 Å².